The Morgan fingerprint density at radius 3 is 2.67 bits per heavy atom. The summed E-state index contributed by atoms with van der Waals surface area (Å²) in [7, 11) is 2.64. The molecule has 1 aliphatic rings. The van der Waals surface area contributed by atoms with Crippen molar-refractivity contribution in [3.05, 3.63) is 69.6 Å². The van der Waals surface area contributed by atoms with Crippen molar-refractivity contribution in [2.24, 2.45) is 0 Å². The molecule has 0 saturated carbocycles. The monoisotopic (exact) mass is 476 g/mol. The number of halogens is 2. The summed E-state index contributed by atoms with van der Waals surface area (Å²) < 4.78 is 24.1. The number of anilines is 1. The van der Waals surface area contributed by atoms with Gasteiger partial charge in [-0.3, -0.25) is 9.59 Å². The molecule has 0 aliphatic carbocycles. The van der Waals surface area contributed by atoms with E-state index in [0.717, 1.165) is 0 Å². The van der Waals surface area contributed by atoms with E-state index in [4.69, 9.17) is 9.47 Å². The van der Waals surface area contributed by atoms with Crippen LogP contribution in [0.1, 0.15) is 28.3 Å². The van der Waals surface area contributed by atoms with E-state index in [1.807, 2.05) is 0 Å². The molecule has 2 amide bonds. The molecule has 0 radical (unpaired) electrons. The van der Waals surface area contributed by atoms with Crippen molar-refractivity contribution in [2.45, 2.75) is 12.3 Å². The highest BCUT2D eigenvalue weighted by Crippen LogP contribution is 2.35. The highest BCUT2D eigenvalue weighted by Gasteiger charge is 2.29. The first-order valence-electron chi connectivity index (χ1n) is 8.86. The third-order valence-corrected chi connectivity index (χ3v) is 5.27. The minimum Gasteiger partial charge on any atom is -0.496 e. The number of methoxy groups -OCH3 is 2. The van der Waals surface area contributed by atoms with Gasteiger partial charge in [-0.1, -0.05) is 12.1 Å². The van der Waals surface area contributed by atoms with Gasteiger partial charge in [0.2, 0.25) is 5.91 Å². The molecule has 1 aliphatic heterocycles. The summed E-state index contributed by atoms with van der Waals surface area (Å²) in [4.78, 5) is 36.8. The Bertz CT molecular complexity index is 1050. The molecule has 0 bridgehead atoms. The van der Waals surface area contributed by atoms with Gasteiger partial charge in [0, 0.05) is 34.7 Å². The molecule has 2 aromatic carbocycles. The molecular formula is C21H18BrFN2O5. The van der Waals surface area contributed by atoms with E-state index in [0.29, 0.717) is 15.7 Å². The molecule has 1 unspecified atom stereocenters. The second kappa shape index (κ2) is 9.08. The van der Waals surface area contributed by atoms with E-state index >= 15 is 0 Å². The van der Waals surface area contributed by atoms with Gasteiger partial charge in [0.25, 0.3) is 5.91 Å². The van der Waals surface area contributed by atoms with Crippen molar-refractivity contribution >= 4 is 39.4 Å². The second-order valence-corrected chi connectivity index (χ2v) is 7.31. The van der Waals surface area contributed by atoms with Crippen LogP contribution in [0.5, 0.6) is 5.75 Å². The van der Waals surface area contributed by atoms with Crippen molar-refractivity contribution in [3.8, 4) is 5.75 Å². The Morgan fingerprint density at radius 2 is 2.00 bits per heavy atom. The summed E-state index contributed by atoms with van der Waals surface area (Å²) in [5.74, 6) is -2.19. The Morgan fingerprint density at radius 1 is 1.23 bits per heavy atom. The van der Waals surface area contributed by atoms with Crippen LogP contribution in [0.15, 0.2) is 52.6 Å². The molecule has 0 fully saturated rings. The predicted octanol–water partition coefficient (Wildman–Crippen LogP) is 3.51. The van der Waals surface area contributed by atoms with E-state index in [2.05, 4.69) is 26.6 Å². The SMILES string of the molecule is COC(=O)c1cc(Br)c(NC(=O)C2=CNC(=O)CC2c2cccc(F)c2)cc1OC. The molecule has 0 spiro atoms. The minimum absolute atomic E-state index is 0.00841. The highest BCUT2D eigenvalue weighted by molar-refractivity contribution is 9.10. The molecule has 2 N–H and O–H groups in total. The van der Waals surface area contributed by atoms with Crippen molar-refractivity contribution in [3.63, 3.8) is 0 Å². The average Bonchev–Trinajstić information content (AvgIpc) is 2.74. The molecule has 1 heterocycles. The summed E-state index contributed by atoms with van der Waals surface area (Å²) in [5, 5.41) is 5.27. The molecule has 30 heavy (non-hydrogen) atoms. The van der Waals surface area contributed by atoms with Crippen LogP contribution in [0.3, 0.4) is 0 Å². The second-order valence-electron chi connectivity index (χ2n) is 6.46. The van der Waals surface area contributed by atoms with Crippen molar-refractivity contribution in [1.29, 1.82) is 0 Å². The molecule has 1 atom stereocenters. The van der Waals surface area contributed by atoms with Gasteiger partial charge in [-0.2, -0.15) is 0 Å². The molecule has 0 saturated heterocycles. The van der Waals surface area contributed by atoms with Crippen molar-refractivity contribution < 1.29 is 28.2 Å². The number of carbonyl (C=O) groups is 3. The first-order valence-corrected chi connectivity index (χ1v) is 9.65. The molecule has 9 heteroatoms. The lowest BCUT2D eigenvalue weighted by Gasteiger charge is -2.24. The van der Waals surface area contributed by atoms with Crippen molar-refractivity contribution in [1.82, 2.24) is 5.32 Å². The van der Waals surface area contributed by atoms with Gasteiger partial charge in [0.1, 0.15) is 17.1 Å². The quantitative estimate of drug-likeness (QED) is 0.644. The number of carbonyl (C=O) groups excluding carboxylic acids is 3. The first kappa shape index (κ1) is 21.5. The average molecular weight is 477 g/mol. The van der Waals surface area contributed by atoms with Gasteiger partial charge in [0.15, 0.2) is 0 Å². The fraction of sp³-hybridized carbons (Fsp3) is 0.190. The van der Waals surface area contributed by atoms with E-state index in [-0.39, 0.29) is 29.2 Å². The van der Waals surface area contributed by atoms with Gasteiger partial charge in [-0.25, -0.2) is 9.18 Å². The molecule has 156 valence electrons. The fourth-order valence-electron chi connectivity index (χ4n) is 3.14. The van der Waals surface area contributed by atoms with Crippen molar-refractivity contribution in [2.75, 3.05) is 19.5 Å². The van der Waals surface area contributed by atoms with Crippen LogP contribution < -0.4 is 15.4 Å². The van der Waals surface area contributed by atoms with Crippen LogP contribution in [0.2, 0.25) is 0 Å². The van der Waals surface area contributed by atoms with Gasteiger partial charge in [-0.15, -0.1) is 0 Å². The number of ether oxygens (including phenoxy) is 2. The zero-order valence-electron chi connectivity index (χ0n) is 16.1. The molecule has 2 aromatic rings. The zero-order valence-corrected chi connectivity index (χ0v) is 17.7. The summed E-state index contributed by atoms with van der Waals surface area (Å²) in [6.45, 7) is 0. The Kier molecular flexibility index (Phi) is 6.51. The normalized spacial score (nSPS) is 15.7. The number of nitrogens with one attached hydrogen (secondary N) is 2. The maximum atomic E-state index is 13.7. The van der Waals surface area contributed by atoms with Crippen LogP contribution in [0, 0.1) is 5.82 Å². The third-order valence-electron chi connectivity index (χ3n) is 4.61. The summed E-state index contributed by atoms with van der Waals surface area (Å²) in [6.07, 6.45) is 1.33. The molecule has 0 aromatic heterocycles. The standard InChI is InChI=1S/C21H18BrFN2O5/c1-29-18-9-17(16(22)7-14(18)21(28)30-2)25-20(27)15-10-24-19(26)8-13(15)11-4-3-5-12(23)6-11/h3-7,9-10,13H,8H2,1-2H3,(H,24,26)(H,25,27). The highest BCUT2D eigenvalue weighted by atomic mass is 79.9. The molecular weight excluding hydrogens is 459 g/mol. The maximum absolute atomic E-state index is 13.7. The van der Waals surface area contributed by atoms with Gasteiger partial charge < -0.3 is 20.1 Å². The maximum Gasteiger partial charge on any atom is 0.341 e. The van der Waals surface area contributed by atoms with Gasteiger partial charge in [-0.05, 0) is 39.7 Å². The number of rotatable bonds is 5. The van der Waals surface area contributed by atoms with Crippen LogP contribution in [0.4, 0.5) is 10.1 Å². The van der Waals surface area contributed by atoms with E-state index in [1.54, 1.807) is 6.07 Å². The van der Waals surface area contributed by atoms with Crippen LogP contribution in [-0.2, 0) is 14.3 Å². The van der Waals surface area contributed by atoms with E-state index in [9.17, 15) is 18.8 Å². The van der Waals surface area contributed by atoms with Gasteiger partial charge in [0.05, 0.1) is 19.9 Å². The molecule has 7 nitrogen and oxygen atoms in total. The third kappa shape index (κ3) is 4.51. The van der Waals surface area contributed by atoms with Crippen LogP contribution >= 0.6 is 15.9 Å². The smallest absolute Gasteiger partial charge is 0.341 e. The zero-order chi connectivity index (χ0) is 21.8. The Labute approximate surface area is 180 Å². The number of esters is 1. The topological polar surface area (TPSA) is 93.7 Å². The fourth-order valence-corrected chi connectivity index (χ4v) is 3.58. The lowest BCUT2D eigenvalue weighted by atomic mass is 9.86. The van der Waals surface area contributed by atoms with Gasteiger partial charge >= 0.3 is 5.97 Å². The van der Waals surface area contributed by atoms with E-state index in [1.165, 1.54) is 50.8 Å². The number of hydrogen-bond donors (Lipinski definition) is 2. The largest absolute Gasteiger partial charge is 0.496 e. The summed E-state index contributed by atoms with van der Waals surface area (Å²) >= 11 is 3.32. The number of hydrogen-bond acceptors (Lipinski definition) is 5. The lowest BCUT2D eigenvalue weighted by Crippen LogP contribution is -2.32. The number of amides is 2. The minimum atomic E-state index is -0.607. The van der Waals surface area contributed by atoms with Crippen LogP contribution in [0.25, 0.3) is 0 Å². The van der Waals surface area contributed by atoms with Crippen LogP contribution in [-0.4, -0.2) is 32.0 Å². The summed E-state index contributed by atoms with van der Waals surface area (Å²) in [5.41, 5.74) is 1.32. The number of benzene rings is 2. The van der Waals surface area contributed by atoms with E-state index < -0.39 is 23.6 Å². The Balaban J connectivity index is 1.92. The first-order chi connectivity index (χ1) is 14.3. The predicted molar refractivity (Wildman–Crippen MR) is 111 cm³/mol. The lowest BCUT2D eigenvalue weighted by molar-refractivity contribution is -0.121. The summed E-state index contributed by atoms with van der Waals surface area (Å²) in [6, 6.07) is 8.74. The Hall–Kier alpha value is -3.20. The molecule has 3 rings (SSSR count).